The fourth-order valence-electron chi connectivity index (χ4n) is 9.32. The zero-order chi connectivity index (χ0) is 20.1. The lowest BCUT2D eigenvalue weighted by molar-refractivity contribution is -0.112. The van der Waals surface area contributed by atoms with E-state index < -0.39 is 0 Å². The van der Waals surface area contributed by atoms with Crippen LogP contribution in [-0.4, -0.2) is 5.38 Å². The van der Waals surface area contributed by atoms with Crippen molar-refractivity contribution in [2.24, 2.45) is 52.3 Å². The number of halogens is 1. The van der Waals surface area contributed by atoms with Crippen molar-refractivity contribution in [1.82, 2.24) is 0 Å². The zero-order valence-electron chi connectivity index (χ0n) is 19.5. The van der Waals surface area contributed by atoms with Crippen molar-refractivity contribution < 1.29 is 0 Å². The molecule has 0 bridgehead atoms. The minimum absolute atomic E-state index is 0.455. The second-order valence-corrected chi connectivity index (χ2v) is 13.1. The SMILES string of the molecule is CC(C)CCC[C@@H](C)[C@H]1CC[C@H]2[C@@H]3C[C@@H](Cl)C4CCCC[C@]4(C)[C@H]3CC[C@]12C. The van der Waals surface area contributed by atoms with Crippen LogP contribution in [0.15, 0.2) is 0 Å². The quantitative estimate of drug-likeness (QED) is 0.400. The van der Waals surface area contributed by atoms with Crippen LogP contribution < -0.4 is 0 Å². The van der Waals surface area contributed by atoms with Crippen LogP contribution in [0.2, 0.25) is 0 Å². The van der Waals surface area contributed by atoms with E-state index in [1.165, 1.54) is 77.0 Å². The molecule has 1 heteroatoms. The number of rotatable bonds is 5. The Labute approximate surface area is 181 Å². The highest BCUT2D eigenvalue weighted by atomic mass is 35.5. The van der Waals surface area contributed by atoms with Crippen LogP contribution in [0, 0.1) is 52.3 Å². The van der Waals surface area contributed by atoms with Crippen molar-refractivity contribution in [2.45, 2.75) is 117 Å². The first kappa shape index (κ1) is 21.5. The Hall–Kier alpha value is 0.290. The minimum atomic E-state index is 0.455. The van der Waals surface area contributed by atoms with Gasteiger partial charge in [-0.1, -0.05) is 66.7 Å². The molecule has 162 valence electrons. The summed E-state index contributed by atoms with van der Waals surface area (Å²) in [4.78, 5) is 0. The third kappa shape index (κ3) is 3.50. The Morgan fingerprint density at radius 1 is 0.821 bits per heavy atom. The summed E-state index contributed by atoms with van der Waals surface area (Å²) in [6.07, 6.45) is 17.4. The van der Waals surface area contributed by atoms with Crippen LogP contribution in [0.4, 0.5) is 0 Å². The number of alkyl halides is 1. The van der Waals surface area contributed by atoms with Gasteiger partial charge in [0, 0.05) is 5.38 Å². The standard InChI is InChI=1S/C27H47Cl/c1-18(2)9-8-10-19(3)21-12-13-22-20-17-25(28)24-11-6-7-15-26(24,4)23(20)14-16-27(21,22)5/h18-25H,6-17H2,1-5H3/t19-,20+,21-,22+,23+,24?,25-,26-,27-/m1/s1. The molecule has 0 spiro atoms. The van der Waals surface area contributed by atoms with Gasteiger partial charge in [0.15, 0.2) is 0 Å². The molecule has 0 aromatic carbocycles. The Balaban J connectivity index is 1.49. The van der Waals surface area contributed by atoms with E-state index in [2.05, 4.69) is 34.6 Å². The van der Waals surface area contributed by atoms with Crippen molar-refractivity contribution in [2.75, 3.05) is 0 Å². The van der Waals surface area contributed by atoms with Crippen LogP contribution in [0.5, 0.6) is 0 Å². The molecule has 4 fully saturated rings. The summed E-state index contributed by atoms with van der Waals surface area (Å²) in [5.41, 5.74) is 1.16. The maximum absolute atomic E-state index is 7.13. The van der Waals surface area contributed by atoms with Gasteiger partial charge in [-0.3, -0.25) is 0 Å². The van der Waals surface area contributed by atoms with Crippen LogP contribution in [-0.2, 0) is 0 Å². The molecule has 0 aromatic rings. The summed E-state index contributed by atoms with van der Waals surface area (Å²) < 4.78 is 0. The molecule has 4 aliphatic rings. The van der Waals surface area contributed by atoms with Gasteiger partial charge in [0.25, 0.3) is 0 Å². The van der Waals surface area contributed by atoms with Gasteiger partial charge in [0.05, 0.1) is 0 Å². The molecular formula is C27H47Cl. The fraction of sp³-hybridized carbons (Fsp3) is 1.00. The highest BCUT2D eigenvalue weighted by Gasteiger charge is 2.61. The van der Waals surface area contributed by atoms with E-state index in [0.29, 0.717) is 16.2 Å². The predicted octanol–water partition coefficient (Wildman–Crippen LogP) is 8.72. The van der Waals surface area contributed by atoms with Gasteiger partial charge in [-0.15, -0.1) is 11.6 Å². The molecular weight excluding hydrogens is 360 g/mol. The highest BCUT2D eigenvalue weighted by molar-refractivity contribution is 6.20. The highest BCUT2D eigenvalue weighted by Crippen LogP contribution is 2.68. The van der Waals surface area contributed by atoms with Crippen molar-refractivity contribution >= 4 is 11.6 Å². The fourth-order valence-corrected chi connectivity index (χ4v) is 9.94. The normalized spacial score (nSPS) is 49.4. The topological polar surface area (TPSA) is 0 Å². The van der Waals surface area contributed by atoms with Crippen LogP contribution >= 0.6 is 11.6 Å². The maximum Gasteiger partial charge on any atom is 0.0372 e. The molecule has 0 saturated heterocycles. The number of hydrogen-bond donors (Lipinski definition) is 0. The van der Waals surface area contributed by atoms with Crippen LogP contribution in [0.25, 0.3) is 0 Å². The van der Waals surface area contributed by atoms with E-state index in [1.807, 2.05) is 0 Å². The van der Waals surface area contributed by atoms with Crippen molar-refractivity contribution in [1.29, 1.82) is 0 Å². The smallest absolute Gasteiger partial charge is 0.0372 e. The van der Waals surface area contributed by atoms with E-state index in [1.54, 1.807) is 0 Å². The Morgan fingerprint density at radius 2 is 1.57 bits per heavy atom. The molecule has 0 nitrogen and oxygen atoms in total. The molecule has 4 saturated carbocycles. The van der Waals surface area contributed by atoms with Crippen LogP contribution in [0.1, 0.15) is 112 Å². The lowest BCUT2D eigenvalue weighted by atomic mass is 9.44. The summed E-state index contributed by atoms with van der Waals surface area (Å²) in [6, 6.07) is 0. The average Bonchev–Trinajstić information content (AvgIpc) is 2.99. The molecule has 0 radical (unpaired) electrons. The van der Waals surface area contributed by atoms with Gasteiger partial charge in [-0.25, -0.2) is 0 Å². The van der Waals surface area contributed by atoms with E-state index in [0.717, 1.165) is 41.4 Å². The molecule has 4 aliphatic carbocycles. The molecule has 28 heavy (non-hydrogen) atoms. The van der Waals surface area contributed by atoms with E-state index in [4.69, 9.17) is 11.6 Å². The first-order valence-electron chi connectivity index (χ1n) is 12.9. The molecule has 0 amide bonds. The monoisotopic (exact) mass is 406 g/mol. The van der Waals surface area contributed by atoms with Gasteiger partial charge in [0.2, 0.25) is 0 Å². The average molecular weight is 407 g/mol. The summed E-state index contributed by atoms with van der Waals surface area (Å²) in [6.45, 7) is 12.7. The number of fused-ring (bicyclic) bond motifs is 5. The van der Waals surface area contributed by atoms with E-state index >= 15 is 0 Å². The van der Waals surface area contributed by atoms with Gasteiger partial charge in [-0.05, 0) is 97.2 Å². The second-order valence-electron chi connectivity index (χ2n) is 12.5. The zero-order valence-corrected chi connectivity index (χ0v) is 20.2. The van der Waals surface area contributed by atoms with Gasteiger partial charge in [0.1, 0.15) is 0 Å². The Morgan fingerprint density at radius 3 is 2.32 bits per heavy atom. The molecule has 9 atom stereocenters. The summed E-state index contributed by atoms with van der Waals surface area (Å²) in [7, 11) is 0. The van der Waals surface area contributed by atoms with Crippen LogP contribution in [0.3, 0.4) is 0 Å². The Kier molecular flexibility index (Phi) is 6.22. The first-order chi connectivity index (χ1) is 13.3. The van der Waals surface area contributed by atoms with E-state index in [-0.39, 0.29) is 0 Å². The summed E-state index contributed by atoms with van der Waals surface area (Å²) in [5.74, 6) is 6.41. The summed E-state index contributed by atoms with van der Waals surface area (Å²) in [5, 5.41) is 0.455. The Bertz CT molecular complexity index is 540. The summed E-state index contributed by atoms with van der Waals surface area (Å²) >= 11 is 7.13. The third-order valence-electron chi connectivity index (χ3n) is 10.7. The minimum Gasteiger partial charge on any atom is -0.123 e. The van der Waals surface area contributed by atoms with Gasteiger partial charge in [-0.2, -0.15) is 0 Å². The van der Waals surface area contributed by atoms with Crippen molar-refractivity contribution in [3.8, 4) is 0 Å². The lowest BCUT2D eigenvalue weighted by Crippen LogP contribution is -2.56. The first-order valence-corrected chi connectivity index (χ1v) is 13.3. The molecule has 0 heterocycles. The van der Waals surface area contributed by atoms with Crippen molar-refractivity contribution in [3.63, 3.8) is 0 Å². The van der Waals surface area contributed by atoms with Gasteiger partial charge >= 0.3 is 0 Å². The van der Waals surface area contributed by atoms with Gasteiger partial charge < -0.3 is 0 Å². The predicted molar refractivity (Wildman–Crippen MR) is 123 cm³/mol. The lowest BCUT2D eigenvalue weighted by Gasteiger charge is -2.62. The van der Waals surface area contributed by atoms with Crippen molar-refractivity contribution in [3.05, 3.63) is 0 Å². The molecule has 0 aliphatic heterocycles. The largest absolute Gasteiger partial charge is 0.123 e. The molecule has 0 N–H and O–H groups in total. The molecule has 0 aromatic heterocycles. The second kappa shape index (κ2) is 8.09. The number of hydrogen-bond acceptors (Lipinski definition) is 0. The maximum atomic E-state index is 7.13. The third-order valence-corrected chi connectivity index (χ3v) is 11.2. The van der Waals surface area contributed by atoms with E-state index in [9.17, 15) is 0 Å². The molecule has 4 rings (SSSR count). The molecule has 1 unspecified atom stereocenters.